The minimum absolute atomic E-state index is 0.0250. The first-order chi connectivity index (χ1) is 9.40. The van der Waals surface area contributed by atoms with Gasteiger partial charge in [0.25, 0.3) is 0 Å². The number of para-hydroxylation sites is 1. The predicted octanol–water partition coefficient (Wildman–Crippen LogP) is 2.41. The van der Waals surface area contributed by atoms with Crippen molar-refractivity contribution in [3.8, 4) is 11.5 Å². The van der Waals surface area contributed by atoms with Crippen molar-refractivity contribution in [3.63, 3.8) is 0 Å². The molecule has 2 heterocycles. The van der Waals surface area contributed by atoms with Crippen LogP contribution in [0.4, 0.5) is 0 Å². The minimum atomic E-state index is 0.0250. The fourth-order valence-electron chi connectivity index (χ4n) is 2.55. The Morgan fingerprint density at radius 1 is 1.11 bits per heavy atom. The molecule has 1 unspecified atom stereocenters. The van der Waals surface area contributed by atoms with Crippen molar-refractivity contribution in [2.45, 2.75) is 18.9 Å². The Morgan fingerprint density at radius 3 is 2.79 bits per heavy atom. The highest BCUT2D eigenvalue weighted by atomic mass is 16.6. The number of fused-ring (bicyclic) bond motifs is 1. The maximum Gasteiger partial charge on any atom is 0.166 e. The van der Waals surface area contributed by atoms with Gasteiger partial charge in [-0.05, 0) is 32.0 Å². The molecular weight excluding hydrogens is 242 g/mol. The van der Waals surface area contributed by atoms with Crippen molar-refractivity contribution in [2.75, 3.05) is 26.9 Å². The topological polar surface area (TPSA) is 39.7 Å². The summed E-state index contributed by atoms with van der Waals surface area (Å²) in [6.07, 6.45) is 4.32. The van der Waals surface area contributed by atoms with Crippen molar-refractivity contribution in [3.05, 3.63) is 35.6 Å². The van der Waals surface area contributed by atoms with Crippen molar-refractivity contribution in [1.82, 2.24) is 5.32 Å². The molecule has 1 aromatic carbocycles. The van der Waals surface area contributed by atoms with Gasteiger partial charge in [-0.25, -0.2) is 0 Å². The molecule has 19 heavy (non-hydrogen) atoms. The van der Waals surface area contributed by atoms with Crippen LogP contribution in [0.25, 0.3) is 0 Å². The van der Waals surface area contributed by atoms with E-state index in [1.165, 1.54) is 0 Å². The largest absolute Gasteiger partial charge is 0.496 e. The van der Waals surface area contributed by atoms with E-state index >= 15 is 0 Å². The summed E-state index contributed by atoms with van der Waals surface area (Å²) in [7, 11) is 1.94. The third-order valence-corrected chi connectivity index (χ3v) is 3.44. The molecule has 1 aromatic rings. The number of nitrogens with one attached hydrogen (secondary N) is 1. The Bertz CT molecular complexity index is 484. The second-order valence-corrected chi connectivity index (χ2v) is 4.69. The highest BCUT2D eigenvalue weighted by Crippen LogP contribution is 2.39. The molecule has 0 radical (unpaired) electrons. The quantitative estimate of drug-likeness (QED) is 0.907. The molecule has 4 nitrogen and oxygen atoms in total. The summed E-state index contributed by atoms with van der Waals surface area (Å²) in [5.41, 5.74) is 1.08. The van der Waals surface area contributed by atoms with E-state index in [2.05, 4.69) is 17.5 Å². The predicted molar refractivity (Wildman–Crippen MR) is 72.5 cm³/mol. The van der Waals surface area contributed by atoms with Crippen LogP contribution in [0, 0.1) is 0 Å². The van der Waals surface area contributed by atoms with E-state index in [0.29, 0.717) is 13.2 Å². The third kappa shape index (κ3) is 2.40. The minimum Gasteiger partial charge on any atom is -0.496 e. The van der Waals surface area contributed by atoms with Crippen LogP contribution in [-0.2, 0) is 4.74 Å². The van der Waals surface area contributed by atoms with Crippen molar-refractivity contribution in [1.29, 1.82) is 0 Å². The lowest BCUT2D eigenvalue weighted by Crippen LogP contribution is -2.24. The second kappa shape index (κ2) is 5.53. The number of hydrogen-bond donors (Lipinski definition) is 1. The van der Waals surface area contributed by atoms with Gasteiger partial charge in [-0.1, -0.05) is 12.1 Å². The molecule has 1 N–H and O–H groups in total. The highest BCUT2D eigenvalue weighted by molar-refractivity contribution is 5.50. The van der Waals surface area contributed by atoms with Crippen LogP contribution in [0.3, 0.4) is 0 Å². The van der Waals surface area contributed by atoms with Crippen LogP contribution in [0.15, 0.2) is 30.0 Å². The van der Waals surface area contributed by atoms with Crippen LogP contribution >= 0.6 is 0 Å². The van der Waals surface area contributed by atoms with Gasteiger partial charge in [0.15, 0.2) is 11.5 Å². The molecule has 2 aliphatic heterocycles. The van der Waals surface area contributed by atoms with Gasteiger partial charge in [0, 0.05) is 5.56 Å². The second-order valence-electron chi connectivity index (χ2n) is 4.69. The maximum absolute atomic E-state index is 5.78. The normalized spacial score (nSPS) is 19.3. The van der Waals surface area contributed by atoms with Gasteiger partial charge in [0.2, 0.25) is 0 Å². The molecule has 0 amide bonds. The van der Waals surface area contributed by atoms with Gasteiger partial charge < -0.3 is 19.5 Å². The number of likely N-dealkylation sites (N-methyl/N-ethyl adjacent to an activating group) is 1. The molecule has 0 fully saturated rings. The summed E-state index contributed by atoms with van der Waals surface area (Å²) >= 11 is 0. The van der Waals surface area contributed by atoms with Crippen LogP contribution < -0.4 is 14.8 Å². The van der Waals surface area contributed by atoms with Crippen LogP contribution in [0.2, 0.25) is 0 Å². The monoisotopic (exact) mass is 261 g/mol. The fourth-order valence-corrected chi connectivity index (χ4v) is 2.55. The molecule has 0 saturated carbocycles. The summed E-state index contributed by atoms with van der Waals surface area (Å²) in [4.78, 5) is 0. The van der Waals surface area contributed by atoms with Gasteiger partial charge in [-0.2, -0.15) is 0 Å². The molecule has 2 aliphatic rings. The van der Waals surface area contributed by atoms with Crippen molar-refractivity contribution in [2.24, 2.45) is 0 Å². The van der Waals surface area contributed by atoms with Gasteiger partial charge in [-0.3, -0.25) is 0 Å². The van der Waals surface area contributed by atoms with E-state index < -0.39 is 0 Å². The standard InChI is InChI=1S/C15H19NO3/c1-16-14(12-6-2-3-8-17-12)11-5-4-7-13-15(11)19-10-9-18-13/h4-7,14,16H,2-3,8-10H2,1H3. The first-order valence-electron chi connectivity index (χ1n) is 6.79. The lowest BCUT2D eigenvalue weighted by molar-refractivity contribution is 0.157. The van der Waals surface area contributed by atoms with E-state index in [9.17, 15) is 0 Å². The summed E-state index contributed by atoms with van der Waals surface area (Å²) < 4.78 is 17.2. The van der Waals surface area contributed by atoms with E-state index in [4.69, 9.17) is 14.2 Å². The summed E-state index contributed by atoms with van der Waals surface area (Å²) in [6.45, 7) is 2.00. The smallest absolute Gasteiger partial charge is 0.166 e. The SMILES string of the molecule is CNC(C1=CCCCO1)c1cccc2c1OCCO2. The molecule has 1 atom stereocenters. The summed E-state index contributed by atoms with van der Waals surface area (Å²) in [6, 6.07) is 6.03. The Kier molecular flexibility index (Phi) is 3.60. The Morgan fingerprint density at radius 2 is 2.00 bits per heavy atom. The van der Waals surface area contributed by atoms with Crippen molar-refractivity contribution >= 4 is 0 Å². The number of rotatable bonds is 3. The number of hydrogen-bond acceptors (Lipinski definition) is 4. The Hall–Kier alpha value is -1.68. The lowest BCUT2D eigenvalue weighted by Gasteiger charge is -2.27. The molecule has 0 bridgehead atoms. The number of benzene rings is 1. The molecule has 102 valence electrons. The van der Waals surface area contributed by atoms with Crippen molar-refractivity contribution < 1.29 is 14.2 Å². The number of ether oxygens (including phenoxy) is 3. The highest BCUT2D eigenvalue weighted by Gasteiger charge is 2.25. The average Bonchev–Trinajstić information content (AvgIpc) is 2.49. The molecule has 3 rings (SSSR count). The van der Waals surface area contributed by atoms with Crippen LogP contribution in [-0.4, -0.2) is 26.9 Å². The average molecular weight is 261 g/mol. The van der Waals surface area contributed by atoms with Gasteiger partial charge in [-0.15, -0.1) is 0 Å². The van der Waals surface area contributed by atoms with Crippen LogP contribution in [0.1, 0.15) is 24.4 Å². The molecular formula is C15H19NO3. The zero-order chi connectivity index (χ0) is 13.1. The van der Waals surface area contributed by atoms with E-state index in [0.717, 1.165) is 42.3 Å². The molecule has 0 aromatic heterocycles. The van der Waals surface area contributed by atoms with E-state index in [1.807, 2.05) is 19.2 Å². The van der Waals surface area contributed by atoms with Crippen LogP contribution in [0.5, 0.6) is 11.5 Å². The molecule has 4 heteroatoms. The lowest BCUT2D eigenvalue weighted by atomic mass is 10.0. The van der Waals surface area contributed by atoms with E-state index in [1.54, 1.807) is 0 Å². The molecule has 0 saturated heterocycles. The number of allylic oxidation sites excluding steroid dienone is 1. The zero-order valence-electron chi connectivity index (χ0n) is 11.1. The molecule has 0 aliphatic carbocycles. The van der Waals surface area contributed by atoms with Gasteiger partial charge >= 0.3 is 0 Å². The summed E-state index contributed by atoms with van der Waals surface area (Å²) in [5, 5.41) is 3.31. The maximum atomic E-state index is 5.78. The van der Waals surface area contributed by atoms with E-state index in [-0.39, 0.29) is 6.04 Å². The fraction of sp³-hybridized carbons (Fsp3) is 0.467. The summed E-state index contributed by atoms with van der Waals surface area (Å²) in [5.74, 6) is 2.64. The molecule has 0 spiro atoms. The Labute approximate surface area is 113 Å². The van der Waals surface area contributed by atoms with Gasteiger partial charge in [0.05, 0.1) is 12.6 Å². The first kappa shape index (κ1) is 12.4. The first-order valence-corrected chi connectivity index (χ1v) is 6.79. The van der Waals surface area contributed by atoms with Gasteiger partial charge in [0.1, 0.15) is 19.0 Å². The zero-order valence-corrected chi connectivity index (χ0v) is 11.1. The third-order valence-electron chi connectivity index (χ3n) is 3.44. The Balaban J connectivity index is 1.97.